The molecule has 19 heavy (non-hydrogen) atoms. The topological polar surface area (TPSA) is 26.7 Å². The minimum absolute atomic E-state index is 0.323. The van der Waals surface area contributed by atoms with Gasteiger partial charge < -0.3 is 14.9 Å². The van der Waals surface area contributed by atoms with Crippen molar-refractivity contribution in [3.63, 3.8) is 0 Å². The molecular formula is C16H36N2O. The number of aliphatic hydroxyl groups is 1. The summed E-state index contributed by atoms with van der Waals surface area (Å²) in [6, 6.07) is 0. The van der Waals surface area contributed by atoms with Crippen molar-refractivity contribution in [2.75, 3.05) is 46.4 Å². The van der Waals surface area contributed by atoms with Crippen molar-refractivity contribution >= 4 is 0 Å². The van der Waals surface area contributed by atoms with Gasteiger partial charge in [0.1, 0.15) is 0 Å². The summed E-state index contributed by atoms with van der Waals surface area (Å²) in [4.78, 5) is 4.99. The number of hydrogen-bond acceptors (Lipinski definition) is 3. The van der Waals surface area contributed by atoms with Gasteiger partial charge in [0.25, 0.3) is 0 Å². The fraction of sp³-hybridized carbons (Fsp3) is 1.00. The summed E-state index contributed by atoms with van der Waals surface area (Å²) >= 11 is 0. The second kappa shape index (κ2) is 8.23. The Morgan fingerprint density at radius 1 is 0.895 bits per heavy atom. The molecule has 2 heterocycles. The molecule has 2 saturated heterocycles. The highest BCUT2D eigenvalue weighted by Gasteiger charge is 2.56. The summed E-state index contributed by atoms with van der Waals surface area (Å²) in [6.07, 6.45) is 0.919. The maximum Gasteiger partial charge on any atom is 0.0443 e. The quantitative estimate of drug-likeness (QED) is 0.856. The summed E-state index contributed by atoms with van der Waals surface area (Å²) in [5.41, 5.74) is 0.911. The molecule has 3 nitrogen and oxygen atoms in total. The van der Waals surface area contributed by atoms with E-state index in [1.807, 2.05) is 27.7 Å². The van der Waals surface area contributed by atoms with Gasteiger partial charge in [-0.3, -0.25) is 0 Å². The van der Waals surface area contributed by atoms with E-state index >= 15 is 0 Å². The highest BCUT2D eigenvalue weighted by Crippen LogP contribution is 2.50. The second-order valence-electron chi connectivity index (χ2n) is 6.08. The summed E-state index contributed by atoms with van der Waals surface area (Å²) < 4.78 is 0. The van der Waals surface area contributed by atoms with E-state index in [9.17, 15) is 0 Å². The zero-order valence-electron chi connectivity index (χ0n) is 14.3. The van der Waals surface area contributed by atoms with E-state index in [1.54, 1.807) is 0 Å². The van der Waals surface area contributed by atoms with Crippen LogP contribution in [0.5, 0.6) is 0 Å². The molecule has 2 unspecified atom stereocenters. The molecule has 2 aliphatic rings. The Morgan fingerprint density at radius 2 is 1.32 bits per heavy atom. The Morgan fingerprint density at radius 3 is 1.68 bits per heavy atom. The first-order valence-electron chi connectivity index (χ1n) is 8.01. The molecule has 0 spiro atoms. The molecular weight excluding hydrogens is 236 g/mol. The van der Waals surface area contributed by atoms with Crippen molar-refractivity contribution in [2.24, 2.45) is 10.8 Å². The lowest BCUT2D eigenvalue weighted by atomic mass is 9.71. The third-order valence-electron chi connectivity index (χ3n) is 4.47. The minimum Gasteiger partial charge on any atom is -0.396 e. The van der Waals surface area contributed by atoms with E-state index < -0.39 is 0 Å². The first-order chi connectivity index (χ1) is 8.99. The van der Waals surface area contributed by atoms with Gasteiger partial charge in [0.05, 0.1) is 0 Å². The molecule has 1 N–H and O–H groups in total. The lowest BCUT2D eigenvalue weighted by molar-refractivity contribution is 0.212. The molecule has 0 aromatic rings. The van der Waals surface area contributed by atoms with Crippen LogP contribution < -0.4 is 0 Å². The van der Waals surface area contributed by atoms with Crippen LogP contribution in [-0.2, 0) is 0 Å². The van der Waals surface area contributed by atoms with Crippen LogP contribution in [0, 0.1) is 10.8 Å². The van der Waals surface area contributed by atoms with Gasteiger partial charge in [-0.05, 0) is 13.5 Å². The van der Waals surface area contributed by atoms with Crippen LogP contribution in [0.25, 0.3) is 0 Å². The maximum absolute atomic E-state index is 8.87. The van der Waals surface area contributed by atoms with Gasteiger partial charge in [-0.2, -0.15) is 0 Å². The highest BCUT2D eigenvalue weighted by atomic mass is 16.3. The van der Waals surface area contributed by atoms with Crippen molar-refractivity contribution in [1.29, 1.82) is 0 Å². The van der Waals surface area contributed by atoms with Gasteiger partial charge in [-0.1, -0.05) is 41.5 Å². The summed E-state index contributed by atoms with van der Waals surface area (Å²) in [6.45, 7) is 19.1. The number of fused-ring (bicyclic) bond motifs is 1. The third kappa shape index (κ3) is 4.17. The number of hydrogen-bond donors (Lipinski definition) is 1. The lowest BCUT2D eigenvalue weighted by Crippen LogP contribution is -2.34. The molecule has 0 radical (unpaired) electrons. The minimum atomic E-state index is 0.323. The van der Waals surface area contributed by atoms with Gasteiger partial charge in [-0.15, -0.1) is 0 Å². The Kier molecular flexibility index (Phi) is 8.18. The fourth-order valence-electron chi connectivity index (χ4n) is 3.61. The van der Waals surface area contributed by atoms with Crippen LogP contribution in [0.4, 0.5) is 0 Å². The number of rotatable bonds is 3. The second-order valence-corrected chi connectivity index (χ2v) is 6.08. The zero-order chi connectivity index (χ0) is 15.1. The van der Waals surface area contributed by atoms with Gasteiger partial charge >= 0.3 is 0 Å². The zero-order valence-corrected chi connectivity index (χ0v) is 14.3. The van der Waals surface area contributed by atoms with Crippen molar-refractivity contribution in [3.05, 3.63) is 0 Å². The van der Waals surface area contributed by atoms with Crippen LogP contribution in [0.3, 0.4) is 0 Å². The van der Waals surface area contributed by atoms with Gasteiger partial charge in [0.2, 0.25) is 0 Å². The summed E-state index contributed by atoms with van der Waals surface area (Å²) in [5.74, 6) is 0. The molecule has 2 fully saturated rings. The number of likely N-dealkylation sites (tertiary alicyclic amines) is 2. The summed E-state index contributed by atoms with van der Waals surface area (Å²) in [5, 5.41) is 8.87. The van der Waals surface area contributed by atoms with Crippen LogP contribution in [0.15, 0.2) is 0 Å². The molecule has 0 bridgehead atoms. The van der Waals surface area contributed by atoms with E-state index in [1.165, 1.54) is 26.2 Å². The molecule has 2 aliphatic heterocycles. The molecule has 0 aromatic heterocycles. The smallest absolute Gasteiger partial charge is 0.0443 e. The highest BCUT2D eigenvalue weighted by molar-refractivity contribution is 5.08. The van der Waals surface area contributed by atoms with E-state index in [4.69, 9.17) is 5.11 Å². The lowest BCUT2D eigenvalue weighted by Gasteiger charge is -2.31. The normalized spacial score (nSPS) is 34.1. The predicted octanol–water partition coefficient (Wildman–Crippen LogP) is 2.69. The van der Waals surface area contributed by atoms with Crippen LogP contribution in [-0.4, -0.2) is 61.3 Å². The van der Waals surface area contributed by atoms with E-state index in [2.05, 4.69) is 30.7 Å². The molecule has 2 rings (SSSR count). The Hall–Kier alpha value is -0.120. The van der Waals surface area contributed by atoms with Gasteiger partial charge in [0, 0.05) is 50.2 Å². The van der Waals surface area contributed by atoms with Crippen molar-refractivity contribution in [1.82, 2.24) is 9.80 Å². The largest absolute Gasteiger partial charge is 0.396 e. The Labute approximate surface area is 121 Å². The molecule has 0 aromatic carbocycles. The Balaban J connectivity index is 0.000000741. The molecule has 3 heteroatoms. The fourth-order valence-corrected chi connectivity index (χ4v) is 3.61. The molecule has 0 amide bonds. The van der Waals surface area contributed by atoms with Crippen LogP contribution in [0.2, 0.25) is 0 Å². The van der Waals surface area contributed by atoms with Crippen molar-refractivity contribution in [3.8, 4) is 0 Å². The Bertz CT molecular complexity index is 227. The number of aliphatic hydroxyl groups excluding tert-OH is 1. The predicted molar refractivity (Wildman–Crippen MR) is 84.5 cm³/mol. The molecule has 0 saturated carbocycles. The SMILES string of the molecule is CC.CC.CN1CC2(C)CN(CCCO)CC2(C)C1. The third-order valence-corrected chi connectivity index (χ3v) is 4.47. The van der Waals surface area contributed by atoms with Gasteiger partial charge in [-0.25, -0.2) is 0 Å². The monoisotopic (exact) mass is 272 g/mol. The standard InChI is InChI=1S/C12H24N2O.2C2H6/c1-11-7-13(3)8-12(11,2)10-14(9-11)5-4-6-15;2*1-2/h15H,4-10H2,1-3H3;2*1-2H3. The van der Waals surface area contributed by atoms with E-state index in [-0.39, 0.29) is 0 Å². The number of nitrogens with zero attached hydrogens (tertiary/aromatic N) is 2. The maximum atomic E-state index is 8.87. The molecule has 0 aliphatic carbocycles. The molecule has 116 valence electrons. The summed E-state index contributed by atoms with van der Waals surface area (Å²) in [7, 11) is 2.23. The van der Waals surface area contributed by atoms with Crippen LogP contribution >= 0.6 is 0 Å². The van der Waals surface area contributed by atoms with Crippen molar-refractivity contribution < 1.29 is 5.11 Å². The average molecular weight is 272 g/mol. The first-order valence-corrected chi connectivity index (χ1v) is 8.01. The van der Waals surface area contributed by atoms with Crippen molar-refractivity contribution in [2.45, 2.75) is 48.0 Å². The molecule has 2 atom stereocenters. The average Bonchev–Trinajstić information content (AvgIpc) is 2.74. The van der Waals surface area contributed by atoms with E-state index in [0.29, 0.717) is 17.4 Å². The first kappa shape index (κ1) is 18.9. The van der Waals surface area contributed by atoms with Gasteiger partial charge in [0.15, 0.2) is 0 Å². The van der Waals surface area contributed by atoms with Crippen LogP contribution in [0.1, 0.15) is 48.0 Å². The van der Waals surface area contributed by atoms with E-state index in [0.717, 1.165) is 13.0 Å².